The molecule has 1 unspecified atom stereocenters. The van der Waals surface area contributed by atoms with Crippen molar-refractivity contribution in [2.45, 2.75) is 39.2 Å². The zero-order valence-electron chi connectivity index (χ0n) is 12.1. The number of rotatable bonds is 4. The fraction of sp³-hybridized carbons (Fsp3) is 0.562. The lowest BCUT2D eigenvalue weighted by Gasteiger charge is -2.17. The van der Waals surface area contributed by atoms with Crippen molar-refractivity contribution in [3.8, 4) is 0 Å². The highest BCUT2D eigenvalue weighted by Crippen LogP contribution is 2.26. The Hall–Kier alpha value is -1.35. The Morgan fingerprint density at radius 3 is 2.68 bits per heavy atom. The molecule has 1 amide bonds. The Morgan fingerprint density at radius 1 is 1.37 bits per heavy atom. The maximum absolute atomic E-state index is 11.7. The van der Waals surface area contributed by atoms with E-state index in [1.165, 1.54) is 11.1 Å². The number of likely N-dealkylation sites (tertiary alicyclic amines) is 1. The van der Waals surface area contributed by atoms with Crippen LogP contribution in [0.3, 0.4) is 0 Å². The van der Waals surface area contributed by atoms with Crippen molar-refractivity contribution in [1.29, 1.82) is 0 Å². The van der Waals surface area contributed by atoms with Crippen LogP contribution in [0, 0.1) is 6.92 Å². The van der Waals surface area contributed by atoms with Crippen LogP contribution >= 0.6 is 0 Å². The molecular weight excluding hydrogens is 236 g/mol. The fourth-order valence-corrected chi connectivity index (χ4v) is 2.66. The summed E-state index contributed by atoms with van der Waals surface area (Å²) in [7, 11) is 0. The van der Waals surface area contributed by atoms with E-state index in [4.69, 9.17) is 0 Å². The second-order valence-electron chi connectivity index (χ2n) is 5.85. The molecule has 1 aliphatic rings. The van der Waals surface area contributed by atoms with Gasteiger partial charge in [-0.3, -0.25) is 9.69 Å². The van der Waals surface area contributed by atoms with Gasteiger partial charge in [0.2, 0.25) is 5.91 Å². The first kappa shape index (κ1) is 14.1. The SMILES string of the molecule is Cc1ccc(C2CCN(CC(=O)NC(C)C)C2)cc1. The predicted octanol–water partition coefficient (Wildman–Crippen LogP) is 2.31. The van der Waals surface area contributed by atoms with E-state index in [1.807, 2.05) is 13.8 Å². The van der Waals surface area contributed by atoms with E-state index < -0.39 is 0 Å². The summed E-state index contributed by atoms with van der Waals surface area (Å²) in [6.07, 6.45) is 1.15. The third-order valence-corrected chi connectivity index (χ3v) is 3.64. The smallest absolute Gasteiger partial charge is 0.234 e. The summed E-state index contributed by atoms with van der Waals surface area (Å²) in [6, 6.07) is 9.01. The van der Waals surface area contributed by atoms with Crippen LogP contribution in [0.5, 0.6) is 0 Å². The number of nitrogens with one attached hydrogen (secondary N) is 1. The molecule has 1 saturated heterocycles. The minimum absolute atomic E-state index is 0.138. The number of benzene rings is 1. The molecule has 1 atom stereocenters. The van der Waals surface area contributed by atoms with Crippen LogP contribution in [0.25, 0.3) is 0 Å². The van der Waals surface area contributed by atoms with Crippen LogP contribution in [-0.4, -0.2) is 36.5 Å². The molecule has 104 valence electrons. The van der Waals surface area contributed by atoms with Crippen LogP contribution in [0.15, 0.2) is 24.3 Å². The summed E-state index contributed by atoms with van der Waals surface area (Å²) in [5, 5.41) is 2.95. The van der Waals surface area contributed by atoms with E-state index in [-0.39, 0.29) is 11.9 Å². The Kier molecular flexibility index (Phi) is 4.59. The van der Waals surface area contributed by atoms with E-state index in [0.29, 0.717) is 12.5 Å². The van der Waals surface area contributed by atoms with Gasteiger partial charge in [-0.25, -0.2) is 0 Å². The monoisotopic (exact) mass is 260 g/mol. The number of hydrogen-bond acceptors (Lipinski definition) is 2. The van der Waals surface area contributed by atoms with E-state index in [0.717, 1.165) is 19.5 Å². The topological polar surface area (TPSA) is 32.3 Å². The molecule has 19 heavy (non-hydrogen) atoms. The van der Waals surface area contributed by atoms with Gasteiger partial charge in [0.25, 0.3) is 0 Å². The van der Waals surface area contributed by atoms with Crippen LogP contribution in [0.2, 0.25) is 0 Å². The molecule has 0 radical (unpaired) electrons. The van der Waals surface area contributed by atoms with Gasteiger partial charge in [0, 0.05) is 12.6 Å². The van der Waals surface area contributed by atoms with Crippen LogP contribution in [-0.2, 0) is 4.79 Å². The van der Waals surface area contributed by atoms with Crippen molar-refractivity contribution in [1.82, 2.24) is 10.2 Å². The maximum atomic E-state index is 11.7. The van der Waals surface area contributed by atoms with Gasteiger partial charge in [0.15, 0.2) is 0 Å². The van der Waals surface area contributed by atoms with Gasteiger partial charge in [0.1, 0.15) is 0 Å². The lowest BCUT2D eigenvalue weighted by molar-refractivity contribution is -0.122. The molecule has 0 saturated carbocycles. The number of carbonyl (C=O) groups excluding carboxylic acids is 1. The van der Waals surface area contributed by atoms with Gasteiger partial charge in [-0.05, 0) is 45.2 Å². The Morgan fingerprint density at radius 2 is 2.05 bits per heavy atom. The van der Waals surface area contributed by atoms with Crippen molar-refractivity contribution in [2.75, 3.05) is 19.6 Å². The molecule has 1 aliphatic heterocycles. The minimum Gasteiger partial charge on any atom is -0.353 e. The van der Waals surface area contributed by atoms with Crippen molar-refractivity contribution in [3.05, 3.63) is 35.4 Å². The summed E-state index contributed by atoms with van der Waals surface area (Å²) >= 11 is 0. The second-order valence-corrected chi connectivity index (χ2v) is 5.85. The molecule has 2 rings (SSSR count). The number of carbonyl (C=O) groups is 1. The molecule has 1 heterocycles. The number of amides is 1. The molecule has 1 aromatic rings. The molecule has 1 fully saturated rings. The summed E-state index contributed by atoms with van der Waals surface area (Å²) in [5.74, 6) is 0.715. The zero-order chi connectivity index (χ0) is 13.8. The molecular formula is C16H24N2O. The van der Waals surface area contributed by atoms with Crippen LogP contribution in [0.4, 0.5) is 0 Å². The third kappa shape index (κ3) is 4.06. The first-order valence-electron chi connectivity index (χ1n) is 7.13. The van der Waals surface area contributed by atoms with Crippen molar-refractivity contribution in [2.24, 2.45) is 0 Å². The van der Waals surface area contributed by atoms with Gasteiger partial charge >= 0.3 is 0 Å². The summed E-state index contributed by atoms with van der Waals surface area (Å²) < 4.78 is 0. The Labute approximate surface area is 116 Å². The third-order valence-electron chi connectivity index (χ3n) is 3.64. The van der Waals surface area contributed by atoms with Gasteiger partial charge in [0.05, 0.1) is 6.54 Å². The first-order chi connectivity index (χ1) is 9.04. The Bertz CT molecular complexity index is 425. The lowest BCUT2D eigenvalue weighted by Crippen LogP contribution is -2.39. The van der Waals surface area contributed by atoms with Crippen molar-refractivity contribution >= 4 is 5.91 Å². The quantitative estimate of drug-likeness (QED) is 0.901. The van der Waals surface area contributed by atoms with Gasteiger partial charge in [-0.2, -0.15) is 0 Å². The molecule has 0 bridgehead atoms. The van der Waals surface area contributed by atoms with Crippen LogP contribution < -0.4 is 5.32 Å². The highest BCUT2D eigenvalue weighted by molar-refractivity contribution is 5.78. The van der Waals surface area contributed by atoms with E-state index in [1.54, 1.807) is 0 Å². The average molecular weight is 260 g/mol. The molecule has 0 aromatic heterocycles. The number of aryl methyl sites for hydroxylation is 1. The van der Waals surface area contributed by atoms with Crippen molar-refractivity contribution in [3.63, 3.8) is 0 Å². The number of nitrogens with zero attached hydrogens (tertiary/aromatic N) is 1. The summed E-state index contributed by atoms with van der Waals surface area (Å²) in [5.41, 5.74) is 2.70. The van der Waals surface area contributed by atoms with E-state index in [2.05, 4.69) is 41.4 Å². The zero-order valence-corrected chi connectivity index (χ0v) is 12.1. The van der Waals surface area contributed by atoms with Gasteiger partial charge in [-0.15, -0.1) is 0 Å². The Balaban J connectivity index is 1.86. The van der Waals surface area contributed by atoms with Crippen molar-refractivity contribution < 1.29 is 4.79 Å². The average Bonchev–Trinajstić information content (AvgIpc) is 2.77. The highest BCUT2D eigenvalue weighted by Gasteiger charge is 2.25. The molecule has 0 spiro atoms. The van der Waals surface area contributed by atoms with Gasteiger partial charge in [-0.1, -0.05) is 29.8 Å². The second kappa shape index (κ2) is 6.20. The van der Waals surface area contributed by atoms with Crippen LogP contribution in [0.1, 0.15) is 37.3 Å². The fourth-order valence-electron chi connectivity index (χ4n) is 2.66. The summed E-state index contributed by atoms with van der Waals surface area (Å²) in [4.78, 5) is 14.0. The molecule has 1 N–H and O–H groups in total. The molecule has 3 heteroatoms. The number of hydrogen-bond donors (Lipinski definition) is 1. The highest BCUT2D eigenvalue weighted by atomic mass is 16.2. The standard InChI is InChI=1S/C16H24N2O/c1-12(2)17-16(19)11-18-9-8-15(10-18)14-6-4-13(3)5-7-14/h4-7,12,15H,8-11H2,1-3H3,(H,17,19). The summed E-state index contributed by atoms with van der Waals surface area (Å²) in [6.45, 7) is 8.65. The van der Waals surface area contributed by atoms with E-state index in [9.17, 15) is 4.79 Å². The lowest BCUT2D eigenvalue weighted by atomic mass is 9.98. The first-order valence-corrected chi connectivity index (χ1v) is 7.13. The minimum atomic E-state index is 0.138. The molecule has 0 aliphatic carbocycles. The van der Waals surface area contributed by atoms with Gasteiger partial charge < -0.3 is 5.32 Å². The largest absolute Gasteiger partial charge is 0.353 e. The normalized spacial score (nSPS) is 19.9. The maximum Gasteiger partial charge on any atom is 0.234 e. The molecule has 3 nitrogen and oxygen atoms in total. The predicted molar refractivity (Wildman–Crippen MR) is 78.3 cm³/mol. The van der Waals surface area contributed by atoms with E-state index >= 15 is 0 Å². The molecule has 1 aromatic carbocycles.